The second kappa shape index (κ2) is 7.57. The number of carbonyl (C=O) groups is 1. The van der Waals surface area contributed by atoms with E-state index in [-0.39, 0.29) is 17.7 Å². The van der Waals surface area contributed by atoms with E-state index in [1.54, 1.807) is 14.2 Å². The summed E-state index contributed by atoms with van der Waals surface area (Å²) in [5.74, 6) is 1.54. The van der Waals surface area contributed by atoms with E-state index in [9.17, 15) is 4.79 Å². The maximum Gasteiger partial charge on any atom is 0.407 e. The number of hydrogen-bond acceptors (Lipinski definition) is 5. The summed E-state index contributed by atoms with van der Waals surface area (Å²) in [7, 11) is 3.33. The molecule has 25 heavy (non-hydrogen) atoms. The van der Waals surface area contributed by atoms with E-state index in [0.717, 1.165) is 43.9 Å². The van der Waals surface area contributed by atoms with Crippen LogP contribution in [0.1, 0.15) is 30.0 Å². The van der Waals surface area contributed by atoms with Crippen molar-refractivity contribution in [3.63, 3.8) is 0 Å². The molecular formula is C18H25IN2O4. The van der Waals surface area contributed by atoms with Crippen LogP contribution in [0.2, 0.25) is 0 Å². The van der Waals surface area contributed by atoms with Crippen LogP contribution in [0.4, 0.5) is 4.79 Å². The number of alkyl carbamates (subject to hydrolysis) is 1. The molecule has 6 nitrogen and oxygen atoms in total. The molecule has 4 rings (SSSR count). The summed E-state index contributed by atoms with van der Waals surface area (Å²) < 4.78 is 16.5. The van der Waals surface area contributed by atoms with E-state index in [1.165, 1.54) is 11.1 Å². The lowest BCUT2D eigenvalue weighted by Crippen LogP contribution is -2.50. The van der Waals surface area contributed by atoms with Crippen LogP contribution in [0.15, 0.2) is 12.1 Å². The summed E-state index contributed by atoms with van der Waals surface area (Å²) in [6.07, 6.45) is 2.44. The SMILES string of the molecule is CI.COc1cc2c(cc1OC)[C@@H]1C[C@@]3(CCN1CC2)CNC(=O)O3. The molecule has 0 unspecified atom stereocenters. The number of carbonyl (C=O) groups excluding carboxylic acids is 1. The number of benzene rings is 1. The third kappa shape index (κ3) is 3.40. The van der Waals surface area contributed by atoms with Crippen molar-refractivity contribution in [3.8, 4) is 11.5 Å². The zero-order valence-corrected chi connectivity index (χ0v) is 17.1. The highest BCUT2D eigenvalue weighted by Gasteiger charge is 2.48. The molecule has 1 aromatic rings. The second-order valence-corrected chi connectivity index (χ2v) is 6.59. The molecule has 2 atom stereocenters. The van der Waals surface area contributed by atoms with Crippen molar-refractivity contribution in [2.75, 3.05) is 38.8 Å². The molecule has 3 aliphatic rings. The minimum Gasteiger partial charge on any atom is -0.493 e. The van der Waals surface area contributed by atoms with Crippen molar-refractivity contribution in [2.45, 2.75) is 30.9 Å². The number of ether oxygens (including phenoxy) is 3. The lowest BCUT2D eigenvalue weighted by Gasteiger charge is -2.46. The van der Waals surface area contributed by atoms with E-state index in [4.69, 9.17) is 14.2 Å². The van der Waals surface area contributed by atoms with E-state index < -0.39 is 0 Å². The summed E-state index contributed by atoms with van der Waals surface area (Å²) in [6, 6.07) is 4.44. The van der Waals surface area contributed by atoms with Gasteiger partial charge in [0.1, 0.15) is 5.60 Å². The zero-order chi connectivity index (χ0) is 18.0. The molecule has 2 saturated heterocycles. The summed E-state index contributed by atoms with van der Waals surface area (Å²) in [5, 5.41) is 2.82. The molecule has 1 N–H and O–H groups in total. The van der Waals surface area contributed by atoms with Gasteiger partial charge in [0.15, 0.2) is 11.5 Å². The van der Waals surface area contributed by atoms with Crippen LogP contribution in [0.5, 0.6) is 11.5 Å². The summed E-state index contributed by atoms with van der Waals surface area (Å²) in [4.78, 5) is 16.0. The van der Waals surface area contributed by atoms with Crippen LogP contribution >= 0.6 is 22.6 Å². The molecule has 1 aromatic carbocycles. The highest BCUT2D eigenvalue weighted by molar-refractivity contribution is 14.1. The van der Waals surface area contributed by atoms with Crippen LogP contribution in [0.3, 0.4) is 0 Å². The van der Waals surface area contributed by atoms with Crippen molar-refractivity contribution in [2.24, 2.45) is 0 Å². The van der Waals surface area contributed by atoms with Gasteiger partial charge in [-0.05, 0) is 34.6 Å². The number of nitrogens with zero attached hydrogens (tertiary/aromatic N) is 1. The quantitative estimate of drug-likeness (QED) is 0.544. The maximum atomic E-state index is 11.5. The molecule has 0 aliphatic carbocycles. The number of piperidine rings is 1. The summed E-state index contributed by atoms with van der Waals surface area (Å²) in [6.45, 7) is 2.59. The summed E-state index contributed by atoms with van der Waals surface area (Å²) in [5.41, 5.74) is 2.22. The Bertz CT molecular complexity index is 654. The van der Waals surface area contributed by atoms with E-state index in [2.05, 4.69) is 44.9 Å². The Kier molecular flexibility index (Phi) is 5.62. The van der Waals surface area contributed by atoms with Gasteiger partial charge in [0, 0.05) is 32.0 Å². The monoisotopic (exact) mass is 460 g/mol. The number of amides is 1. The Balaban J connectivity index is 0.000000880. The van der Waals surface area contributed by atoms with Crippen LogP contribution in [-0.2, 0) is 11.2 Å². The number of rotatable bonds is 2. The second-order valence-electron chi connectivity index (χ2n) is 6.59. The molecule has 1 spiro atoms. The molecule has 0 radical (unpaired) electrons. The number of nitrogens with one attached hydrogen (secondary N) is 1. The van der Waals surface area contributed by atoms with Crippen molar-refractivity contribution in [3.05, 3.63) is 23.3 Å². The Hall–Kier alpha value is -1.22. The number of fused-ring (bicyclic) bond motifs is 3. The van der Waals surface area contributed by atoms with Crippen molar-refractivity contribution in [1.82, 2.24) is 10.2 Å². The number of hydrogen-bond donors (Lipinski definition) is 1. The fourth-order valence-corrected chi connectivity index (χ4v) is 4.14. The largest absolute Gasteiger partial charge is 0.493 e. The molecular weight excluding hydrogens is 435 g/mol. The first kappa shape index (κ1) is 18.6. The van der Waals surface area contributed by atoms with Gasteiger partial charge < -0.3 is 19.5 Å². The first-order chi connectivity index (χ1) is 12.1. The van der Waals surface area contributed by atoms with Crippen LogP contribution in [0, 0.1) is 0 Å². The number of methoxy groups -OCH3 is 2. The Morgan fingerprint density at radius 1 is 1.24 bits per heavy atom. The van der Waals surface area contributed by atoms with Crippen LogP contribution in [-0.4, -0.2) is 55.4 Å². The fraction of sp³-hybridized carbons (Fsp3) is 0.611. The maximum absolute atomic E-state index is 11.5. The molecule has 0 bridgehead atoms. The van der Waals surface area contributed by atoms with Crippen molar-refractivity contribution in [1.29, 1.82) is 0 Å². The molecule has 1 amide bonds. The predicted molar refractivity (Wildman–Crippen MR) is 104 cm³/mol. The van der Waals surface area contributed by atoms with Crippen LogP contribution in [0.25, 0.3) is 0 Å². The first-order valence-corrected chi connectivity index (χ1v) is 10.6. The number of alkyl halides is 1. The highest BCUT2D eigenvalue weighted by atomic mass is 127. The Morgan fingerprint density at radius 3 is 2.60 bits per heavy atom. The average molecular weight is 460 g/mol. The van der Waals surface area contributed by atoms with Gasteiger partial charge in [0.25, 0.3) is 0 Å². The fourth-order valence-electron chi connectivity index (χ4n) is 4.14. The van der Waals surface area contributed by atoms with Crippen molar-refractivity contribution >= 4 is 28.7 Å². The lowest BCUT2D eigenvalue weighted by atomic mass is 9.79. The molecule has 3 heterocycles. The molecule has 2 fully saturated rings. The van der Waals surface area contributed by atoms with Gasteiger partial charge in [-0.2, -0.15) is 0 Å². The predicted octanol–water partition coefficient (Wildman–Crippen LogP) is 2.93. The van der Waals surface area contributed by atoms with Crippen LogP contribution < -0.4 is 14.8 Å². The third-order valence-corrected chi connectivity index (χ3v) is 5.40. The van der Waals surface area contributed by atoms with Gasteiger partial charge in [-0.15, -0.1) is 0 Å². The average Bonchev–Trinajstić information content (AvgIpc) is 3.02. The van der Waals surface area contributed by atoms with Gasteiger partial charge in [-0.1, -0.05) is 22.6 Å². The zero-order valence-electron chi connectivity index (χ0n) is 14.9. The summed E-state index contributed by atoms with van der Waals surface area (Å²) >= 11 is 2.15. The molecule has 7 heteroatoms. The minimum absolute atomic E-state index is 0.264. The Labute approximate surface area is 162 Å². The molecule has 3 aliphatic heterocycles. The topological polar surface area (TPSA) is 60.0 Å². The van der Waals surface area contributed by atoms with E-state index in [0.29, 0.717) is 6.54 Å². The van der Waals surface area contributed by atoms with Gasteiger partial charge in [-0.3, -0.25) is 4.90 Å². The standard InChI is InChI=1S/C17H22N2O4.CH3I/c1-21-14-7-11-3-5-19-6-4-17(10-18-16(20)23-17)9-13(19)12(11)8-15(14)22-2;1-2/h7-8,13H,3-6,9-10H2,1-2H3,(H,18,20);1H3/t13-,17-;/m0./s1. The molecule has 0 saturated carbocycles. The molecule has 138 valence electrons. The molecule has 0 aromatic heterocycles. The van der Waals surface area contributed by atoms with E-state index in [1.807, 2.05) is 4.93 Å². The number of halogens is 1. The third-order valence-electron chi connectivity index (χ3n) is 5.40. The van der Waals surface area contributed by atoms with Gasteiger partial charge in [0.05, 0.1) is 20.8 Å². The minimum atomic E-state index is -0.361. The highest BCUT2D eigenvalue weighted by Crippen LogP contribution is 2.45. The first-order valence-electron chi connectivity index (χ1n) is 8.48. The lowest BCUT2D eigenvalue weighted by molar-refractivity contribution is -0.0296. The van der Waals surface area contributed by atoms with E-state index >= 15 is 0 Å². The smallest absolute Gasteiger partial charge is 0.407 e. The Morgan fingerprint density at radius 2 is 1.96 bits per heavy atom. The van der Waals surface area contributed by atoms with Crippen molar-refractivity contribution < 1.29 is 19.0 Å². The van der Waals surface area contributed by atoms with Gasteiger partial charge in [0.2, 0.25) is 0 Å². The van der Waals surface area contributed by atoms with Gasteiger partial charge in [-0.25, -0.2) is 4.79 Å². The normalized spacial score (nSPS) is 27.4. The van der Waals surface area contributed by atoms with Gasteiger partial charge >= 0.3 is 6.09 Å².